The van der Waals surface area contributed by atoms with Gasteiger partial charge in [0, 0.05) is 18.2 Å². The van der Waals surface area contributed by atoms with Crippen molar-refractivity contribution in [1.82, 2.24) is 25.5 Å². The molecule has 1 aromatic heterocycles. The minimum Gasteiger partial charge on any atom is -0.394 e. The number of aliphatic hydroxyl groups is 1. The van der Waals surface area contributed by atoms with Gasteiger partial charge in [-0.2, -0.15) is 5.21 Å². The van der Waals surface area contributed by atoms with E-state index in [1.54, 1.807) is 38.2 Å². The summed E-state index contributed by atoms with van der Waals surface area (Å²) in [6.45, 7) is 1.72. The first kappa shape index (κ1) is 13.2. The number of hydrogen-bond donors (Lipinski definition) is 2. The highest BCUT2D eigenvalue weighted by Crippen LogP contribution is 2.15. The molecule has 1 aromatic carbocycles. The molecule has 19 heavy (non-hydrogen) atoms. The number of carbonyl (C=O) groups excluding carboxylic acids is 1. The van der Waals surface area contributed by atoms with Gasteiger partial charge in [-0.05, 0) is 24.3 Å². The van der Waals surface area contributed by atoms with Crippen LogP contribution in [-0.2, 0) is 0 Å². The fourth-order valence-corrected chi connectivity index (χ4v) is 1.57. The lowest BCUT2D eigenvalue weighted by molar-refractivity contribution is 0.0682. The van der Waals surface area contributed by atoms with Crippen LogP contribution >= 0.6 is 0 Å². The summed E-state index contributed by atoms with van der Waals surface area (Å²) in [6.07, 6.45) is 0. The van der Waals surface area contributed by atoms with Gasteiger partial charge in [-0.1, -0.05) is 12.1 Å². The molecule has 0 fully saturated rings. The van der Waals surface area contributed by atoms with Crippen molar-refractivity contribution in [3.8, 4) is 11.4 Å². The number of benzene rings is 1. The van der Waals surface area contributed by atoms with Gasteiger partial charge in [0.1, 0.15) is 0 Å². The fourth-order valence-electron chi connectivity index (χ4n) is 1.57. The van der Waals surface area contributed by atoms with Crippen molar-refractivity contribution in [3.05, 3.63) is 29.8 Å². The third kappa shape index (κ3) is 2.76. The van der Waals surface area contributed by atoms with E-state index >= 15 is 0 Å². The molecular weight excluding hydrogens is 246 g/mol. The van der Waals surface area contributed by atoms with E-state index in [1.165, 1.54) is 4.90 Å². The first-order valence-corrected chi connectivity index (χ1v) is 5.85. The standard InChI is InChI=1S/C12H15N5O2/c1-8(7-18)17(2)12(19)10-5-3-9(4-6-10)11-13-15-16-14-11/h3-6,8,18H,7H2,1-2H3,(H,13,14,15,16). The minimum atomic E-state index is -0.218. The molecule has 2 N–H and O–H groups in total. The number of likely N-dealkylation sites (N-methyl/N-ethyl adjacent to an activating group) is 1. The second kappa shape index (κ2) is 5.57. The largest absolute Gasteiger partial charge is 0.394 e. The van der Waals surface area contributed by atoms with E-state index in [0.717, 1.165) is 5.56 Å². The van der Waals surface area contributed by atoms with Crippen LogP contribution in [0.3, 0.4) is 0 Å². The van der Waals surface area contributed by atoms with Gasteiger partial charge in [0.05, 0.1) is 12.6 Å². The summed E-state index contributed by atoms with van der Waals surface area (Å²) in [4.78, 5) is 13.6. The molecular formula is C12H15N5O2. The second-order valence-electron chi connectivity index (χ2n) is 4.26. The van der Waals surface area contributed by atoms with E-state index in [1.807, 2.05) is 0 Å². The Hall–Kier alpha value is -2.28. The number of hydrogen-bond acceptors (Lipinski definition) is 5. The normalized spacial score (nSPS) is 12.2. The number of rotatable bonds is 4. The lowest BCUT2D eigenvalue weighted by atomic mass is 10.1. The van der Waals surface area contributed by atoms with E-state index in [9.17, 15) is 4.79 Å². The van der Waals surface area contributed by atoms with Crippen molar-refractivity contribution < 1.29 is 9.90 Å². The van der Waals surface area contributed by atoms with Crippen LogP contribution in [0.4, 0.5) is 0 Å². The molecule has 0 radical (unpaired) electrons. The number of tetrazole rings is 1. The van der Waals surface area contributed by atoms with Gasteiger partial charge in [0.25, 0.3) is 5.91 Å². The van der Waals surface area contributed by atoms with Crippen molar-refractivity contribution in [2.45, 2.75) is 13.0 Å². The molecule has 0 aliphatic heterocycles. The Morgan fingerprint density at radius 3 is 2.63 bits per heavy atom. The lowest BCUT2D eigenvalue weighted by Gasteiger charge is -2.23. The van der Waals surface area contributed by atoms with Gasteiger partial charge in [-0.25, -0.2) is 0 Å². The van der Waals surface area contributed by atoms with Crippen molar-refractivity contribution in [3.63, 3.8) is 0 Å². The molecule has 1 atom stereocenters. The molecule has 0 aliphatic carbocycles. The highest BCUT2D eigenvalue weighted by molar-refractivity contribution is 5.94. The van der Waals surface area contributed by atoms with Gasteiger partial charge >= 0.3 is 0 Å². The molecule has 0 saturated heterocycles. The SMILES string of the molecule is CC(CO)N(C)C(=O)c1ccc(-c2nn[nH]n2)cc1. The molecule has 2 aromatic rings. The summed E-state index contributed by atoms with van der Waals surface area (Å²) in [5.74, 6) is 0.345. The predicted octanol–water partition coefficient (Wildman–Crippen LogP) is 0.319. The molecule has 0 aliphatic rings. The summed E-state index contributed by atoms with van der Waals surface area (Å²) >= 11 is 0. The fraction of sp³-hybridized carbons (Fsp3) is 0.333. The molecule has 0 bridgehead atoms. The van der Waals surface area contributed by atoms with E-state index in [2.05, 4.69) is 20.6 Å². The summed E-state index contributed by atoms with van der Waals surface area (Å²) in [6, 6.07) is 6.71. The summed E-state index contributed by atoms with van der Waals surface area (Å²) < 4.78 is 0. The maximum absolute atomic E-state index is 12.1. The highest BCUT2D eigenvalue weighted by atomic mass is 16.3. The Balaban J connectivity index is 2.17. The lowest BCUT2D eigenvalue weighted by Crippen LogP contribution is -2.37. The zero-order chi connectivity index (χ0) is 13.8. The smallest absolute Gasteiger partial charge is 0.253 e. The van der Waals surface area contributed by atoms with Crippen LogP contribution in [-0.4, -0.2) is 56.2 Å². The molecule has 1 amide bonds. The van der Waals surface area contributed by atoms with Crippen LogP contribution in [0.15, 0.2) is 24.3 Å². The topological polar surface area (TPSA) is 95.0 Å². The first-order valence-electron chi connectivity index (χ1n) is 5.85. The van der Waals surface area contributed by atoms with Crippen LogP contribution in [0.5, 0.6) is 0 Å². The molecule has 1 unspecified atom stereocenters. The molecule has 0 spiro atoms. The van der Waals surface area contributed by atoms with E-state index in [4.69, 9.17) is 5.11 Å². The maximum Gasteiger partial charge on any atom is 0.253 e. The second-order valence-corrected chi connectivity index (χ2v) is 4.26. The average molecular weight is 261 g/mol. The van der Waals surface area contributed by atoms with Gasteiger partial charge in [0.15, 0.2) is 0 Å². The van der Waals surface area contributed by atoms with E-state index in [-0.39, 0.29) is 18.6 Å². The molecule has 7 heteroatoms. The number of nitrogens with zero attached hydrogens (tertiary/aromatic N) is 4. The average Bonchev–Trinajstić information content (AvgIpc) is 2.99. The number of aromatic nitrogens is 4. The number of aromatic amines is 1. The zero-order valence-corrected chi connectivity index (χ0v) is 10.7. The Morgan fingerprint density at radius 2 is 2.11 bits per heavy atom. The van der Waals surface area contributed by atoms with Gasteiger partial charge in [-0.3, -0.25) is 4.79 Å². The van der Waals surface area contributed by atoms with Crippen LogP contribution in [0.2, 0.25) is 0 Å². The number of H-pyrrole nitrogens is 1. The van der Waals surface area contributed by atoms with E-state index < -0.39 is 0 Å². The highest BCUT2D eigenvalue weighted by Gasteiger charge is 2.16. The Morgan fingerprint density at radius 1 is 1.42 bits per heavy atom. The number of aliphatic hydroxyl groups excluding tert-OH is 1. The summed E-state index contributed by atoms with van der Waals surface area (Å²) in [5.41, 5.74) is 1.33. The Kier molecular flexibility index (Phi) is 3.86. The van der Waals surface area contributed by atoms with Crippen LogP contribution in [0.25, 0.3) is 11.4 Å². The summed E-state index contributed by atoms with van der Waals surface area (Å²) in [5, 5.41) is 22.6. The van der Waals surface area contributed by atoms with Gasteiger partial charge in [-0.15, -0.1) is 10.2 Å². The Bertz CT molecular complexity index is 538. The maximum atomic E-state index is 12.1. The Labute approximate surface area is 110 Å². The van der Waals surface area contributed by atoms with Gasteiger partial charge in [0.2, 0.25) is 5.82 Å². The molecule has 7 nitrogen and oxygen atoms in total. The number of amides is 1. The minimum absolute atomic E-state index is 0.0663. The monoisotopic (exact) mass is 261 g/mol. The predicted molar refractivity (Wildman–Crippen MR) is 68.3 cm³/mol. The summed E-state index contributed by atoms with van der Waals surface area (Å²) in [7, 11) is 1.66. The first-order chi connectivity index (χ1) is 9.13. The van der Waals surface area contributed by atoms with Crippen LogP contribution in [0.1, 0.15) is 17.3 Å². The van der Waals surface area contributed by atoms with Crippen molar-refractivity contribution >= 4 is 5.91 Å². The zero-order valence-electron chi connectivity index (χ0n) is 10.7. The van der Waals surface area contributed by atoms with Crippen LogP contribution < -0.4 is 0 Å². The third-order valence-corrected chi connectivity index (χ3v) is 2.98. The van der Waals surface area contributed by atoms with Crippen molar-refractivity contribution in [2.75, 3.05) is 13.7 Å². The molecule has 0 saturated carbocycles. The molecule has 1 heterocycles. The van der Waals surface area contributed by atoms with Gasteiger partial charge < -0.3 is 10.0 Å². The molecule has 2 rings (SSSR count). The van der Waals surface area contributed by atoms with Crippen LogP contribution in [0, 0.1) is 0 Å². The van der Waals surface area contributed by atoms with Crippen molar-refractivity contribution in [1.29, 1.82) is 0 Å². The van der Waals surface area contributed by atoms with Crippen molar-refractivity contribution in [2.24, 2.45) is 0 Å². The number of carbonyl (C=O) groups is 1. The third-order valence-electron chi connectivity index (χ3n) is 2.98. The number of nitrogens with one attached hydrogen (secondary N) is 1. The quantitative estimate of drug-likeness (QED) is 0.826. The van der Waals surface area contributed by atoms with E-state index in [0.29, 0.717) is 11.4 Å². The molecule has 100 valence electrons.